The summed E-state index contributed by atoms with van der Waals surface area (Å²) in [5.74, 6) is 0.839. The van der Waals surface area contributed by atoms with Crippen molar-refractivity contribution in [1.82, 2.24) is 4.98 Å². The Morgan fingerprint density at radius 2 is 2.00 bits per heavy atom. The van der Waals surface area contributed by atoms with E-state index in [9.17, 15) is 0 Å². The van der Waals surface area contributed by atoms with Gasteiger partial charge < -0.3 is 10.5 Å². The van der Waals surface area contributed by atoms with Crippen LogP contribution < -0.4 is 10.5 Å². The van der Waals surface area contributed by atoms with Gasteiger partial charge in [-0.1, -0.05) is 12.1 Å². The molecule has 90 valence electrons. The number of nitriles is 1. The number of para-hydroxylation sites is 1. The van der Waals surface area contributed by atoms with E-state index in [2.05, 4.69) is 11.1 Å². The van der Waals surface area contributed by atoms with E-state index in [1.807, 2.05) is 26.0 Å². The maximum Gasteiger partial charge on any atom is 0.237 e. The van der Waals surface area contributed by atoms with Gasteiger partial charge in [-0.2, -0.15) is 5.26 Å². The zero-order valence-electron chi connectivity index (χ0n) is 10.3. The van der Waals surface area contributed by atoms with Crippen molar-refractivity contribution < 1.29 is 4.74 Å². The standard InChI is InChI=1S/C14H13N3O/c1-9-6-7-17-14(11(9)8-15)18-13-10(2)4-3-5-12(13)16/h3-7H,16H2,1-2H3. The number of hydrogen-bond acceptors (Lipinski definition) is 4. The predicted octanol–water partition coefficient (Wildman–Crippen LogP) is 2.94. The highest BCUT2D eigenvalue weighted by Crippen LogP contribution is 2.31. The van der Waals surface area contributed by atoms with Gasteiger partial charge in [-0.15, -0.1) is 0 Å². The first-order valence-corrected chi connectivity index (χ1v) is 5.52. The molecule has 1 heterocycles. The number of ether oxygens (including phenoxy) is 1. The van der Waals surface area contributed by atoms with E-state index >= 15 is 0 Å². The Morgan fingerprint density at radius 3 is 2.67 bits per heavy atom. The van der Waals surface area contributed by atoms with Crippen LogP contribution in [-0.4, -0.2) is 4.98 Å². The molecule has 0 radical (unpaired) electrons. The van der Waals surface area contributed by atoms with Crippen LogP contribution in [0, 0.1) is 25.2 Å². The van der Waals surface area contributed by atoms with E-state index in [0.29, 0.717) is 22.9 Å². The summed E-state index contributed by atoms with van der Waals surface area (Å²) < 4.78 is 5.68. The summed E-state index contributed by atoms with van der Waals surface area (Å²) >= 11 is 0. The fourth-order valence-electron chi connectivity index (χ4n) is 1.66. The van der Waals surface area contributed by atoms with Crippen LogP contribution in [-0.2, 0) is 0 Å². The van der Waals surface area contributed by atoms with Gasteiger partial charge in [0.25, 0.3) is 0 Å². The van der Waals surface area contributed by atoms with Gasteiger partial charge >= 0.3 is 0 Å². The fraction of sp³-hybridized carbons (Fsp3) is 0.143. The van der Waals surface area contributed by atoms with Crippen LogP contribution >= 0.6 is 0 Å². The molecule has 0 atom stereocenters. The molecule has 1 aromatic carbocycles. The Hall–Kier alpha value is -2.54. The fourth-order valence-corrected chi connectivity index (χ4v) is 1.66. The molecule has 0 aliphatic rings. The first-order chi connectivity index (χ1) is 8.63. The Balaban J connectivity index is 2.48. The lowest BCUT2D eigenvalue weighted by molar-refractivity contribution is 0.459. The lowest BCUT2D eigenvalue weighted by Crippen LogP contribution is -1.98. The number of pyridine rings is 1. The highest BCUT2D eigenvalue weighted by Gasteiger charge is 2.12. The van der Waals surface area contributed by atoms with Crippen LogP contribution in [0.15, 0.2) is 30.5 Å². The van der Waals surface area contributed by atoms with Gasteiger partial charge in [0.1, 0.15) is 11.6 Å². The first-order valence-electron chi connectivity index (χ1n) is 5.52. The zero-order chi connectivity index (χ0) is 13.1. The van der Waals surface area contributed by atoms with Crippen molar-refractivity contribution in [3.8, 4) is 17.7 Å². The van der Waals surface area contributed by atoms with Gasteiger partial charge in [0.15, 0.2) is 5.75 Å². The maximum absolute atomic E-state index is 9.11. The number of aryl methyl sites for hydroxylation is 2. The molecule has 0 saturated heterocycles. The van der Waals surface area contributed by atoms with E-state index in [-0.39, 0.29) is 0 Å². The van der Waals surface area contributed by atoms with Gasteiger partial charge in [0.2, 0.25) is 5.88 Å². The number of rotatable bonds is 2. The highest BCUT2D eigenvalue weighted by molar-refractivity contribution is 5.58. The van der Waals surface area contributed by atoms with Crippen LogP contribution in [0.2, 0.25) is 0 Å². The molecule has 2 aromatic rings. The summed E-state index contributed by atoms with van der Waals surface area (Å²) in [6.45, 7) is 3.74. The summed E-state index contributed by atoms with van der Waals surface area (Å²) in [5.41, 5.74) is 8.56. The molecule has 0 spiro atoms. The number of nitrogens with two attached hydrogens (primary N) is 1. The Morgan fingerprint density at radius 1 is 1.22 bits per heavy atom. The Labute approximate surface area is 106 Å². The monoisotopic (exact) mass is 239 g/mol. The number of nitrogen functional groups attached to an aromatic ring is 1. The zero-order valence-corrected chi connectivity index (χ0v) is 10.3. The van der Waals surface area contributed by atoms with Crippen LogP contribution in [0.3, 0.4) is 0 Å². The molecule has 18 heavy (non-hydrogen) atoms. The van der Waals surface area contributed by atoms with Crippen molar-refractivity contribution in [3.05, 3.63) is 47.2 Å². The van der Waals surface area contributed by atoms with Crippen molar-refractivity contribution in [2.45, 2.75) is 13.8 Å². The maximum atomic E-state index is 9.11. The van der Waals surface area contributed by atoms with Gasteiger partial charge in [-0.3, -0.25) is 0 Å². The second-order valence-electron chi connectivity index (χ2n) is 4.02. The molecule has 0 saturated carbocycles. The minimum absolute atomic E-state index is 0.290. The average Bonchev–Trinajstić information content (AvgIpc) is 2.34. The summed E-state index contributed by atoms with van der Waals surface area (Å²) in [4.78, 5) is 4.09. The topological polar surface area (TPSA) is 71.9 Å². The van der Waals surface area contributed by atoms with E-state index in [4.69, 9.17) is 15.7 Å². The molecule has 0 aliphatic carbocycles. The van der Waals surface area contributed by atoms with Gasteiger partial charge in [-0.25, -0.2) is 4.98 Å². The molecule has 0 fully saturated rings. The highest BCUT2D eigenvalue weighted by atomic mass is 16.5. The van der Waals surface area contributed by atoms with Crippen LogP contribution in [0.1, 0.15) is 16.7 Å². The normalized spacial score (nSPS) is 9.83. The molecule has 0 aliphatic heterocycles. The predicted molar refractivity (Wildman–Crippen MR) is 69.4 cm³/mol. The SMILES string of the molecule is Cc1ccnc(Oc2c(C)cccc2N)c1C#N. The summed E-state index contributed by atoms with van der Waals surface area (Å²) in [7, 11) is 0. The third-order valence-corrected chi connectivity index (χ3v) is 2.68. The molecule has 4 nitrogen and oxygen atoms in total. The Bertz CT molecular complexity index is 609. The first kappa shape index (κ1) is 11.9. The quantitative estimate of drug-likeness (QED) is 0.818. The van der Waals surface area contributed by atoms with Gasteiger partial charge in [0.05, 0.1) is 5.69 Å². The second kappa shape index (κ2) is 4.76. The van der Waals surface area contributed by atoms with E-state index in [0.717, 1.165) is 11.1 Å². The average molecular weight is 239 g/mol. The molecular weight excluding hydrogens is 226 g/mol. The number of nitrogens with zero attached hydrogens (tertiary/aromatic N) is 2. The number of hydrogen-bond donors (Lipinski definition) is 1. The molecule has 4 heteroatoms. The number of aromatic nitrogens is 1. The minimum atomic E-state index is 0.290. The van der Waals surface area contributed by atoms with Crippen molar-refractivity contribution in [1.29, 1.82) is 5.26 Å². The third kappa shape index (κ3) is 2.11. The van der Waals surface area contributed by atoms with Gasteiger partial charge in [-0.05, 0) is 37.1 Å². The van der Waals surface area contributed by atoms with E-state index < -0.39 is 0 Å². The van der Waals surface area contributed by atoms with Crippen LogP contribution in [0.25, 0.3) is 0 Å². The van der Waals surface area contributed by atoms with Crippen LogP contribution in [0.5, 0.6) is 11.6 Å². The molecular formula is C14H13N3O. The number of anilines is 1. The second-order valence-corrected chi connectivity index (χ2v) is 4.02. The lowest BCUT2D eigenvalue weighted by Gasteiger charge is -2.11. The minimum Gasteiger partial charge on any atom is -0.435 e. The molecule has 1 aromatic heterocycles. The molecule has 2 rings (SSSR count). The molecule has 0 amide bonds. The van der Waals surface area contributed by atoms with Crippen molar-refractivity contribution in [3.63, 3.8) is 0 Å². The Kier molecular flexibility index (Phi) is 3.16. The van der Waals surface area contributed by atoms with Crippen molar-refractivity contribution in [2.75, 3.05) is 5.73 Å². The summed E-state index contributed by atoms with van der Waals surface area (Å²) in [5, 5.41) is 9.11. The summed E-state index contributed by atoms with van der Waals surface area (Å²) in [6.07, 6.45) is 1.61. The lowest BCUT2D eigenvalue weighted by atomic mass is 10.1. The number of benzene rings is 1. The van der Waals surface area contributed by atoms with Crippen LogP contribution in [0.4, 0.5) is 5.69 Å². The summed E-state index contributed by atoms with van der Waals surface area (Å²) in [6, 6.07) is 9.37. The largest absolute Gasteiger partial charge is 0.435 e. The smallest absolute Gasteiger partial charge is 0.237 e. The van der Waals surface area contributed by atoms with Crippen molar-refractivity contribution >= 4 is 5.69 Å². The van der Waals surface area contributed by atoms with Gasteiger partial charge in [0, 0.05) is 6.20 Å². The third-order valence-electron chi connectivity index (χ3n) is 2.68. The molecule has 0 bridgehead atoms. The molecule has 2 N–H and O–H groups in total. The van der Waals surface area contributed by atoms with E-state index in [1.54, 1.807) is 18.3 Å². The molecule has 0 unspecified atom stereocenters. The van der Waals surface area contributed by atoms with E-state index in [1.165, 1.54) is 0 Å². The van der Waals surface area contributed by atoms with Crippen molar-refractivity contribution in [2.24, 2.45) is 0 Å².